The smallest absolute Gasteiger partial charge is 0.191 e. The number of benzene rings is 2. The molecule has 102 valence electrons. The minimum absolute atomic E-state index is 0.475. The van der Waals surface area contributed by atoms with Crippen molar-refractivity contribution in [3.8, 4) is 0 Å². The summed E-state index contributed by atoms with van der Waals surface area (Å²) in [6.07, 6.45) is 0. The van der Waals surface area contributed by atoms with Crippen LogP contribution in [0.4, 0.5) is 5.69 Å². The van der Waals surface area contributed by atoms with Crippen molar-refractivity contribution < 1.29 is 0 Å². The molecule has 0 atom stereocenters. The Balaban J connectivity index is 1.95. The summed E-state index contributed by atoms with van der Waals surface area (Å²) in [5.41, 5.74) is 6.99. The third-order valence-electron chi connectivity index (χ3n) is 2.83. The first-order chi connectivity index (χ1) is 9.65. The van der Waals surface area contributed by atoms with Gasteiger partial charge in [0.05, 0.1) is 5.71 Å². The van der Waals surface area contributed by atoms with E-state index in [4.69, 9.17) is 12.2 Å². The molecular weight excluding hydrogens is 266 g/mol. The van der Waals surface area contributed by atoms with Crippen LogP contribution >= 0.6 is 12.2 Å². The van der Waals surface area contributed by atoms with Crippen molar-refractivity contribution in [3.63, 3.8) is 0 Å². The predicted octanol–water partition coefficient (Wildman–Crippen LogP) is 3.71. The minimum Gasteiger partial charge on any atom is -0.331 e. The number of aryl methyl sites for hydroxylation is 1. The highest BCUT2D eigenvalue weighted by Crippen LogP contribution is 2.05. The summed E-state index contributed by atoms with van der Waals surface area (Å²) in [5, 5.41) is 7.83. The molecule has 0 radical (unpaired) electrons. The summed E-state index contributed by atoms with van der Waals surface area (Å²) in [6.45, 7) is 4.01. The highest BCUT2D eigenvalue weighted by molar-refractivity contribution is 7.80. The van der Waals surface area contributed by atoms with E-state index in [1.807, 2.05) is 49.4 Å². The maximum Gasteiger partial charge on any atom is 0.191 e. The topological polar surface area (TPSA) is 36.4 Å². The third kappa shape index (κ3) is 4.17. The highest BCUT2D eigenvalue weighted by Gasteiger charge is 1.98. The van der Waals surface area contributed by atoms with E-state index in [2.05, 4.69) is 34.9 Å². The molecule has 20 heavy (non-hydrogen) atoms. The molecule has 0 heterocycles. The Morgan fingerprint density at radius 3 is 2.30 bits per heavy atom. The fraction of sp³-hybridized carbons (Fsp3) is 0.125. The molecule has 0 aliphatic heterocycles. The second-order valence-corrected chi connectivity index (χ2v) is 4.90. The Morgan fingerprint density at radius 2 is 1.65 bits per heavy atom. The Bertz CT molecular complexity index is 603. The van der Waals surface area contributed by atoms with E-state index in [0.29, 0.717) is 5.11 Å². The fourth-order valence-electron chi connectivity index (χ4n) is 1.67. The van der Waals surface area contributed by atoms with Gasteiger partial charge in [-0.1, -0.05) is 48.0 Å². The monoisotopic (exact) mass is 283 g/mol. The molecule has 4 heteroatoms. The van der Waals surface area contributed by atoms with Crippen molar-refractivity contribution in [2.75, 3.05) is 5.32 Å². The molecule has 2 aromatic carbocycles. The van der Waals surface area contributed by atoms with Crippen LogP contribution in [-0.4, -0.2) is 10.8 Å². The lowest BCUT2D eigenvalue weighted by atomic mass is 10.1. The quantitative estimate of drug-likeness (QED) is 0.512. The molecule has 0 saturated heterocycles. The van der Waals surface area contributed by atoms with E-state index >= 15 is 0 Å². The molecular formula is C16H17N3S. The number of nitrogens with one attached hydrogen (secondary N) is 2. The van der Waals surface area contributed by atoms with Crippen LogP contribution in [0.2, 0.25) is 0 Å². The highest BCUT2D eigenvalue weighted by atomic mass is 32.1. The number of hydrazone groups is 1. The van der Waals surface area contributed by atoms with Gasteiger partial charge < -0.3 is 5.32 Å². The zero-order chi connectivity index (χ0) is 14.4. The van der Waals surface area contributed by atoms with Crippen molar-refractivity contribution in [2.24, 2.45) is 5.10 Å². The van der Waals surface area contributed by atoms with Gasteiger partial charge in [-0.2, -0.15) is 5.10 Å². The van der Waals surface area contributed by atoms with Gasteiger partial charge in [-0.05, 0) is 43.8 Å². The molecule has 3 nitrogen and oxygen atoms in total. The average Bonchev–Trinajstić information content (AvgIpc) is 2.46. The van der Waals surface area contributed by atoms with Gasteiger partial charge in [0.2, 0.25) is 0 Å². The molecule has 2 N–H and O–H groups in total. The zero-order valence-corrected chi connectivity index (χ0v) is 12.4. The van der Waals surface area contributed by atoms with Crippen molar-refractivity contribution in [3.05, 3.63) is 65.7 Å². The van der Waals surface area contributed by atoms with Crippen LogP contribution in [0.15, 0.2) is 59.7 Å². The fourth-order valence-corrected chi connectivity index (χ4v) is 1.84. The first-order valence-corrected chi connectivity index (χ1v) is 6.79. The molecule has 0 unspecified atom stereocenters. The van der Waals surface area contributed by atoms with E-state index in [1.54, 1.807) is 0 Å². The number of para-hydroxylation sites is 1. The van der Waals surface area contributed by atoms with E-state index in [-0.39, 0.29) is 0 Å². The van der Waals surface area contributed by atoms with Gasteiger partial charge in [-0.3, -0.25) is 5.43 Å². The summed E-state index contributed by atoms with van der Waals surface area (Å²) in [4.78, 5) is 0. The van der Waals surface area contributed by atoms with Gasteiger partial charge in [0, 0.05) is 5.69 Å². The Labute approximate surface area is 124 Å². The normalized spacial score (nSPS) is 11.0. The summed E-state index contributed by atoms with van der Waals surface area (Å²) in [7, 11) is 0. The van der Waals surface area contributed by atoms with Crippen LogP contribution in [0.5, 0.6) is 0 Å². The van der Waals surface area contributed by atoms with Gasteiger partial charge in [-0.15, -0.1) is 0 Å². The second kappa shape index (κ2) is 6.82. The third-order valence-corrected chi connectivity index (χ3v) is 3.02. The first-order valence-electron chi connectivity index (χ1n) is 6.38. The number of anilines is 1. The number of rotatable bonds is 3. The number of thiocarbonyl (C=S) groups is 1. The van der Waals surface area contributed by atoms with Gasteiger partial charge in [0.25, 0.3) is 0 Å². The van der Waals surface area contributed by atoms with Crippen LogP contribution in [0.1, 0.15) is 18.1 Å². The predicted molar refractivity (Wildman–Crippen MR) is 89.2 cm³/mol. The molecule has 2 rings (SSSR count). The number of hydrogen-bond donors (Lipinski definition) is 2. The number of nitrogens with zero attached hydrogens (tertiary/aromatic N) is 1. The van der Waals surface area contributed by atoms with E-state index in [0.717, 1.165) is 17.0 Å². The Morgan fingerprint density at radius 1 is 1.00 bits per heavy atom. The Hall–Kier alpha value is -2.20. The van der Waals surface area contributed by atoms with Gasteiger partial charge >= 0.3 is 0 Å². The van der Waals surface area contributed by atoms with Crippen LogP contribution < -0.4 is 10.7 Å². The summed E-state index contributed by atoms with van der Waals surface area (Å²) < 4.78 is 0. The molecule has 0 aromatic heterocycles. The van der Waals surface area contributed by atoms with E-state index in [1.165, 1.54) is 5.56 Å². The summed E-state index contributed by atoms with van der Waals surface area (Å²) in [6, 6.07) is 18.0. The maximum atomic E-state index is 5.20. The summed E-state index contributed by atoms with van der Waals surface area (Å²) >= 11 is 5.20. The van der Waals surface area contributed by atoms with E-state index in [9.17, 15) is 0 Å². The largest absolute Gasteiger partial charge is 0.331 e. The van der Waals surface area contributed by atoms with Gasteiger partial charge in [0.15, 0.2) is 5.11 Å². The maximum absolute atomic E-state index is 5.20. The van der Waals surface area contributed by atoms with Crippen molar-refractivity contribution >= 4 is 28.7 Å². The molecule has 0 fully saturated rings. The van der Waals surface area contributed by atoms with Crippen LogP contribution in [0.3, 0.4) is 0 Å². The number of hydrogen-bond acceptors (Lipinski definition) is 2. The van der Waals surface area contributed by atoms with Crippen LogP contribution in [0, 0.1) is 6.92 Å². The van der Waals surface area contributed by atoms with Crippen LogP contribution in [-0.2, 0) is 0 Å². The molecule has 0 bridgehead atoms. The molecule has 0 saturated carbocycles. The SMILES string of the molecule is C/C(=N\NC(=S)Nc1ccccc1)c1ccc(C)cc1. The van der Waals surface area contributed by atoms with Crippen molar-refractivity contribution in [1.29, 1.82) is 0 Å². The minimum atomic E-state index is 0.475. The van der Waals surface area contributed by atoms with E-state index < -0.39 is 0 Å². The molecule has 0 aliphatic rings. The standard InChI is InChI=1S/C16H17N3S/c1-12-8-10-14(11-9-12)13(2)18-19-16(20)17-15-6-4-3-5-7-15/h3-11H,1-2H3,(H2,17,19,20)/b18-13+. The summed E-state index contributed by atoms with van der Waals surface area (Å²) in [5.74, 6) is 0. The lowest BCUT2D eigenvalue weighted by Gasteiger charge is -2.08. The molecule has 0 spiro atoms. The second-order valence-electron chi connectivity index (χ2n) is 4.50. The van der Waals surface area contributed by atoms with Crippen LogP contribution in [0.25, 0.3) is 0 Å². The lowest BCUT2D eigenvalue weighted by Crippen LogP contribution is -2.24. The average molecular weight is 283 g/mol. The Kier molecular flexibility index (Phi) is 4.85. The van der Waals surface area contributed by atoms with Gasteiger partial charge in [0.1, 0.15) is 0 Å². The first kappa shape index (κ1) is 14.2. The van der Waals surface area contributed by atoms with Crippen molar-refractivity contribution in [2.45, 2.75) is 13.8 Å². The zero-order valence-electron chi connectivity index (χ0n) is 11.6. The lowest BCUT2D eigenvalue weighted by molar-refractivity contribution is 1.04. The van der Waals surface area contributed by atoms with Crippen molar-refractivity contribution in [1.82, 2.24) is 5.43 Å². The van der Waals surface area contributed by atoms with Gasteiger partial charge in [-0.25, -0.2) is 0 Å². The molecule has 0 aliphatic carbocycles. The molecule has 2 aromatic rings. The molecule has 0 amide bonds.